The molecule has 3 fully saturated rings. The number of aryl methyl sites for hydroxylation is 2. The Morgan fingerprint density at radius 3 is 1.86 bits per heavy atom. The van der Waals surface area contributed by atoms with Gasteiger partial charge in [0.05, 0.1) is 43.4 Å². The van der Waals surface area contributed by atoms with Crippen molar-refractivity contribution in [3.63, 3.8) is 0 Å². The van der Waals surface area contributed by atoms with Gasteiger partial charge in [-0.15, -0.1) is 0 Å². The fourth-order valence-electron chi connectivity index (χ4n) is 8.89. The Morgan fingerprint density at radius 1 is 0.740 bits per heavy atom. The number of hydrogen-bond donors (Lipinski definition) is 8. The van der Waals surface area contributed by atoms with Gasteiger partial charge in [-0.3, -0.25) is 38.6 Å². The number of methoxy groups -OCH3 is 2. The fraction of sp³-hybridized carbons (Fsp3) is 0.490. The van der Waals surface area contributed by atoms with Crippen LogP contribution in [0.25, 0.3) is 0 Å². The maximum atomic E-state index is 14.4. The molecular formula is C51H70N10O14S2. The van der Waals surface area contributed by atoms with Crippen molar-refractivity contribution in [3.05, 3.63) is 80.9 Å². The minimum atomic E-state index is -4.22. The van der Waals surface area contributed by atoms with Gasteiger partial charge in [-0.25, -0.2) is 26.3 Å². The van der Waals surface area contributed by atoms with Crippen LogP contribution in [-0.4, -0.2) is 133 Å². The molecule has 0 saturated carbocycles. The van der Waals surface area contributed by atoms with Crippen molar-refractivity contribution in [2.45, 2.75) is 141 Å². The SMILES string of the molecule is COc1cc(C)c(S(=O)(=O)NCc2ccc(CN3C(=O)[C@@H]4CNC(=O)[C@H](CC(=O)OC(C)(C)C)NC(=O)CNC(=O)[C@H](CCCN=C(N)NS(=O)(=O)c5c(C)cc(OC)c(C)c5C)NC(=O)C[C@@H]3C(=O)N4)cc2)c(C)c1C. The molecule has 24 nitrogen and oxygen atoms in total. The third-order valence-corrected chi connectivity index (χ3v) is 16.2. The van der Waals surface area contributed by atoms with Gasteiger partial charge in [-0.1, -0.05) is 24.3 Å². The number of ether oxygens (including phenoxy) is 3. The van der Waals surface area contributed by atoms with Crippen LogP contribution in [0.5, 0.6) is 11.5 Å². The highest BCUT2D eigenvalue weighted by atomic mass is 32.2. The van der Waals surface area contributed by atoms with E-state index in [1.54, 1.807) is 98.7 Å². The van der Waals surface area contributed by atoms with Crippen LogP contribution in [0.15, 0.2) is 51.2 Å². The van der Waals surface area contributed by atoms with Crippen molar-refractivity contribution in [3.8, 4) is 11.5 Å². The molecule has 0 aromatic heterocycles. The van der Waals surface area contributed by atoms with Gasteiger partial charge in [0, 0.05) is 26.2 Å². The van der Waals surface area contributed by atoms with Gasteiger partial charge in [0.1, 0.15) is 41.3 Å². The van der Waals surface area contributed by atoms with Crippen molar-refractivity contribution in [2.75, 3.05) is 33.9 Å². The van der Waals surface area contributed by atoms with Crippen molar-refractivity contribution >= 4 is 67.4 Å². The molecule has 0 aliphatic carbocycles. The largest absolute Gasteiger partial charge is 0.496 e. The monoisotopic (exact) mass is 1110 g/mol. The number of esters is 1. The van der Waals surface area contributed by atoms with Crippen LogP contribution in [0.1, 0.15) is 91.0 Å². The lowest BCUT2D eigenvalue weighted by atomic mass is 10.0. The number of aliphatic imine (C=N–C) groups is 1. The third-order valence-electron chi connectivity index (χ3n) is 12.9. The highest BCUT2D eigenvalue weighted by Gasteiger charge is 2.43. The molecule has 3 aromatic rings. The molecule has 77 heavy (non-hydrogen) atoms. The third kappa shape index (κ3) is 15.7. The van der Waals surface area contributed by atoms with Gasteiger partial charge in [0.15, 0.2) is 0 Å². The fourth-order valence-corrected chi connectivity index (χ4v) is 11.9. The second-order valence-corrected chi connectivity index (χ2v) is 23.2. The van der Waals surface area contributed by atoms with E-state index < -0.39 is 123 Å². The molecule has 2 bridgehead atoms. The first-order valence-electron chi connectivity index (χ1n) is 24.6. The summed E-state index contributed by atoms with van der Waals surface area (Å²) < 4.78 is 75.1. The van der Waals surface area contributed by atoms with E-state index in [9.17, 15) is 50.4 Å². The number of nitrogens with zero attached hydrogens (tertiary/aromatic N) is 2. The maximum absolute atomic E-state index is 14.4. The summed E-state index contributed by atoms with van der Waals surface area (Å²) >= 11 is 0. The standard InChI is InChI=1S/C51H70N10O14S2/c1-27-19-39(73-10)29(3)31(5)44(27)76(69,70)56-23-33-14-16-34(17-15-33)26-61-38-22-41(62)57-35(13-12-18-53-50(52)60-77(71,72)45-28(2)20-40(74-11)30(4)32(45)6)46(65)55-25-42(63)58-36(21-43(64)75-51(7,8)9)47(66)54-24-37(49(61)68)59-48(38)67/h14-17,19-20,35-38,56H,12-13,18,21-26H2,1-11H3,(H,54,66)(H,55,65)(H,57,62)(H,58,63)(H,59,67)(H3,52,53,60)/t35-,36-,37-,38+/m0/s1. The summed E-state index contributed by atoms with van der Waals surface area (Å²) in [6.07, 6.45) is -1.46. The molecule has 26 heteroatoms. The number of nitrogens with one attached hydrogen (secondary N) is 7. The number of piperazine rings is 1. The lowest BCUT2D eigenvalue weighted by Crippen LogP contribution is -2.66. The number of guanidine groups is 1. The molecule has 420 valence electrons. The summed E-state index contributed by atoms with van der Waals surface area (Å²) in [5, 5.41) is 12.5. The summed E-state index contributed by atoms with van der Waals surface area (Å²) in [7, 11) is -5.24. The van der Waals surface area contributed by atoms with Crippen LogP contribution in [0.2, 0.25) is 0 Å². The zero-order valence-corrected chi connectivity index (χ0v) is 46.8. The molecule has 6 amide bonds. The zero-order chi connectivity index (χ0) is 57.3. The minimum Gasteiger partial charge on any atom is -0.496 e. The maximum Gasteiger partial charge on any atom is 0.308 e. The highest BCUT2D eigenvalue weighted by molar-refractivity contribution is 7.90. The number of sulfonamides is 2. The van der Waals surface area contributed by atoms with Gasteiger partial charge < -0.3 is 51.4 Å². The molecule has 3 saturated heterocycles. The minimum absolute atomic E-state index is 0.0128. The quantitative estimate of drug-likeness (QED) is 0.0321. The second-order valence-electron chi connectivity index (χ2n) is 19.8. The first-order valence-corrected chi connectivity index (χ1v) is 27.6. The molecule has 3 aliphatic heterocycles. The zero-order valence-electron chi connectivity index (χ0n) is 45.1. The normalized spacial score (nSPS) is 19.3. The first kappa shape index (κ1) is 60.5. The number of hydrogen-bond acceptors (Lipinski definition) is 15. The van der Waals surface area contributed by atoms with Crippen molar-refractivity contribution in [1.82, 2.24) is 40.9 Å². The average Bonchev–Trinajstić information content (AvgIpc) is 3.34. The van der Waals surface area contributed by atoms with E-state index in [-0.39, 0.29) is 42.3 Å². The number of benzene rings is 3. The summed E-state index contributed by atoms with van der Waals surface area (Å²) in [4.78, 5) is 101. The van der Waals surface area contributed by atoms with Gasteiger partial charge in [0.25, 0.3) is 10.0 Å². The molecular weight excluding hydrogens is 1040 g/mol. The summed E-state index contributed by atoms with van der Waals surface area (Å²) in [6, 6.07) is 3.92. The Labute approximate surface area is 448 Å². The van der Waals surface area contributed by atoms with E-state index in [2.05, 4.69) is 41.0 Å². The van der Waals surface area contributed by atoms with Gasteiger partial charge in [-0.05, 0) is 132 Å². The molecule has 4 atom stereocenters. The summed E-state index contributed by atoms with van der Waals surface area (Å²) in [5.74, 6) is -5.31. The van der Waals surface area contributed by atoms with Crippen molar-refractivity contribution in [2.24, 2.45) is 10.7 Å². The van der Waals surface area contributed by atoms with Crippen LogP contribution in [0, 0.1) is 41.5 Å². The van der Waals surface area contributed by atoms with Crippen LogP contribution in [-0.2, 0) is 71.4 Å². The van der Waals surface area contributed by atoms with Crippen LogP contribution < -0.4 is 51.2 Å². The number of nitrogens with two attached hydrogens (primary N) is 1. The lowest BCUT2D eigenvalue weighted by molar-refractivity contribution is -0.156. The summed E-state index contributed by atoms with van der Waals surface area (Å²) in [5.41, 5.74) is 9.24. The second kappa shape index (κ2) is 25.2. The molecule has 0 radical (unpaired) electrons. The molecule has 9 N–H and O–H groups in total. The number of amides is 6. The van der Waals surface area contributed by atoms with E-state index in [4.69, 9.17) is 19.9 Å². The molecule has 3 heterocycles. The topological polar surface area (TPSA) is 341 Å². The number of carbonyl (C=O) groups is 7. The van der Waals surface area contributed by atoms with Crippen molar-refractivity contribution in [1.29, 1.82) is 0 Å². The van der Waals surface area contributed by atoms with E-state index in [1.165, 1.54) is 14.2 Å². The number of fused-ring (bicyclic) bond motifs is 14. The Bertz CT molecular complexity index is 3050. The van der Waals surface area contributed by atoms with Crippen LogP contribution in [0.3, 0.4) is 0 Å². The Morgan fingerprint density at radius 2 is 1.29 bits per heavy atom. The Hall–Kier alpha value is -7.32. The van der Waals surface area contributed by atoms with Gasteiger partial charge in [-0.2, -0.15) is 0 Å². The average molecular weight is 1110 g/mol. The highest BCUT2D eigenvalue weighted by Crippen LogP contribution is 2.32. The number of rotatable bonds is 16. The molecule has 3 aliphatic rings. The Kier molecular flexibility index (Phi) is 19.8. The summed E-state index contributed by atoms with van der Waals surface area (Å²) in [6.45, 7) is 13.2. The van der Waals surface area contributed by atoms with E-state index in [0.717, 1.165) is 4.90 Å². The molecule has 3 aromatic carbocycles. The molecule has 6 rings (SSSR count). The Balaban J connectivity index is 1.39. The predicted molar refractivity (Wildman–Crippen MR) is 282 cm³/mol. The van der Waals surface area contributed by atoms with Crippen molar-refractivity contribution < 1.29 is 64.6 Å². The predicted octanol–water partition coefficient (Wildman–Crippen LogP) is 0.639. The van der Waals surface area contributed by atoms with Crippen LogP contribution >= 0.6 is 0 Å². The molecule has 0 unspecified atom stereocenters. The molecule has 0 spiro atoms. The number of carbonyl (C=O) groups excluding carboxylic acids is 7. The smallest absolute Gasteiger partial charge is 0.308 e. The first-order chi connectivity index (χ1) is 36.0. The van der Waals surface area contributed by atoms with Gasteiger partial charge >= 0.3 is 5.97 Å². The van der Waals surface area contributed by atoms with Gasteiger partial charge in [0.2, 0.25) is 51.4 Å². The lowest BCUT2D eigenvalue weighted by Gasteiger charge is -2.39. The van der Waals surface area contributed by atoms with E-state index in [1.807, 2.05) is 0 Å². The van der Waals surface area contributed by atoms with E-state index >= 15 is 0 Å². The van der Waals surface area contributed by atoms with Crippen LogP contribution in [0.4, 0.5) is 0 Å². The van der Waals surface area contributed by atoms with E-state index in [0.29, 0.717) is 56.0 Å².